The summed E-state index contributed by atoms with van der Waals surface area (Å²) in [6, 6.07) is 0. The Morgan fingerprint density at radius 1 is 1.00 bits per heavy atom. The van der Waals surface area contributed by atoms with Gasteiger partial charge in [-0.25, -0.2) is 0 Å². The van der Waals surface area contributed by atoms with E-state index in [1.165, 1.54) is 19.3 Å². The van der Waals surface area contributed by atoms with Gasteiger partial charge in [0, 0.05) is 6.42 Å². The topological polar surface area (TPSA) is 49.8 Å². The molecule has 2 unspecified atom stereocenters. The summed E-state index contributed by atoms with van der Waals surface area (Å²) in [5, 5.41) is 8.53. The van der Waals surface area contributed by atoms with E-state index in [0.29, 0.717) is 12.5 Å². The van der Waals surface area contributed by atoms with Crippen molar-refractivity contribution in [2.45, 2.75) is 70.5 Å². The molecule has 0 spiro atoms. The number of carbonyl (C=O) groups is 1. The van der Waals surface area contributed by atoms with Gasteiger partial charge in [-0.1, -0.05) is 68.4 Å². The highest BCUT2D eigenvalue weighted by atomic mass is 16.6. The largest absolute Gasteiger partial charge is 0.481 e. The van der Waals surface area contributed by atoms with Crippen molar-refractivity contribution >= 4 is 5.97 Å². The van der Waals surface area contributed by atoms with E-state index in [-0.39, 0.29) is 12.5 Å². The van der Waals surface area contributed by atoms with Crippen LogP contribution in [0.1, 0.15) is 58.3 Å². The maximum atomic E-state index is 10.4. The molecule has 3 heteroatoms. The third-order valence-corrected chi connectivity index (χ3v) is 3.66. The minimum absolute atomic E-state index is 0.233. The number of rotatable bonds is 13. The van der Waals surface area contributed by atoms with Crippen LogP contribution in [-0.4, -0.2) is 23.3 Å². The Morgan fingerprint density at radius 3 is 2.57 bits per heavy atom. The number of hydrogen-bond donors (Lipinski definition) is 1. The van der Waals surface area contributed by atoms with E-state index in [0.717, 1.165) is 19.3 Å². The molecule has 0 aromatic heterocycles. The fraction of sp³-hybridized carbons (Fsp3) is 0.550. The normalized spacial score (nSPS) is 21.3. The average molecular weight is 318 g/mol. The van der Waals surface area contributed by atoms with Gasteiger partial charge < -0.3 is 9.84 Å². The fourth-order valence-corrected chi connectivity index (χ4v) is 2.22. The summed E-state index contributed by atoms with van der Waals surface area (Å²) >= 11 is 0. The molecular weight excluding hydrogens is 288 g/mol. The molecule has 0 aliphatic carbocycles. The zero-order chi connectivity index (χ0) is 16.8. The summed E-state index contributed by atoms with van der Waals surface area (Å²) < 4.78 is 5.55. The predicted molar refractivity (Wildman–Crippen MR) is 95.5 cm³/mol. The summed E-state index contributed by atoms with van der Waals surface area (Å²) in [7, 11) is 0. The quantitative estimate of drug-likeness (QED) is 0.220. The molecule has 3 nitrogen and oxygen atoms in total. The van der Waals surface area contributed by atoms with Crippen molar-refractivity contribution in [1.29, 1.82) is 0 Å². The van der Waals surface area contributed by atoms with Gasteiger partial charge in [-0.2, -0.15) is 0 Å². The van der Waals surface area contributed by atoms with Gasteiger partial charge in [0.1, 0.15) is 6.10 Å². The Hall–Kier alpha value is -1.61. The Kier molecular flexibility index (Phi) is 10.9. The third-order valence-electron chi connectivity index (χ3n) is 3.66. The molecule has 23 heavy (non-hydrogen) atoms. The van der Waals surface area contributed by atoms with Crippen LogP contribution in [0.5, 0.6) is 0 Å². The number of ether oxygens (including phenoxy) is 1. The van der Waals surface area contributed by atoms with Crippen molar-refractivity contribution in [2.24, 2.45) is 0 Å². The first-order valence-electron chi connectivity index (χ1n) is 8.76. The molecule has 1 aliphatic rings. The van der Waals surface area contributed by atoms with Crippen LogP contribution in [0.15, 0.2) is 48.6 Å². The van der Waals surface area contributed by atoms with Crippen molar-refractivity contribution in [3.05, 3.63) is 48.6 Å². The van der Waals surface area contributed by atoms with Crippen LogP contribution >= 0.6 is 0 Å². The van der Waals surface area contributed by atoms with Crippen LogP contribution in [0.3, 0.4) is 0 Å². The van der Waals surface area contributed by atoms with Crippen LogP contribution in [0.2, 0.25) is 0 Å². The van der Waals surface area contributed by atoms with Crippen LogP contribution in [-0.2, 0) is 9.53 Å². The SMILES string of the molecule is CCCCC/C=C/C=C/C=C/C1OC1C/C=C/CCCC(=O)O. The number of epoxide rings is 1. The van der Waals surface area contributed by atoms with E-state index >= 15 is 0 Å². The van der Waals surface area contributed by atoms with Crippen molar-refractivity contribution in [3.8, 4) is 0 Å². The van der Waals surface area contributed by atoms with E-state index in [1.54, 1.807) is 0 Å². The number of carboxylic acid groups (broad SMARTS) is 1. The zero-order valence-electron chi connectivity index (χ0n) is 14.2. The van der Waals surface area contributed by atoms with Gasteiger partial charge in [0.15, 0.2) is 0 Å². The molecule has 0 amide bonds. The minimum Gasteiger partial charge on any atom is -0.481 e. The van der Waals surface area contributed by atoms with Crippen molar-refractivity contribution in [3.63, 3.8) is 0 Å². The molecule has 1 saturated heterocycles. The second-order valence-electron chi connectivity index (χ2n) is 5.83. The number of hydrogen-bond acceptors (Lipinski definition) is 2. The van der Waals surface area contributed by atoms with Gasteiger partial charge in [0.05, 0.1) is 6.10 Å². The molecule has 0 aromatic carbocycles. The minimum atomic E-state index is -0.724. The van der Waals surface area contributed by atoms with Gasteiger partial charge >= 0.3 is 5.97 Å². The maximum Gasteiger partial charge on any atom is 0.303 e. The molecule has 1 fully saturated rings. The Bertz CT molecular complexity index is 432. The molecule has 0 aromatic rings. The summed E-state index contributed by atoms with van der Waals surface area (Å²) in [6.07, 6.45) is 24.9. The predicted octanol–water partition coefficient (Wildman–Crippen LogP) is 5.20. The highest BCUT2D eigenvalue weighted by Crippen LogP contribution is 2.26. The number of aliphatic carboxylic acids is 1. The lowest BCUT2D eigenvalue weighted by Crippen LogP contribution is -1.92. The van der Waals surface area contributed by atoms with Crippen LogP contribution < -0.4 is 0 Å². The van der Waals surface area contributed by atoms with Crippen LogP contribution in [0, 0.1) is 0 Å². The standard InChI is InChI=1S/C20H30O3/c1-2-3-4-5-6-7-8-9-12-15-18-19(23-18)16-13-10-11-14-17-20(21)22/h6-10,12-13,15,18-19H,2-5,11,14,16-17H2,1H3,(H,21,22)/b7-6+,9-8+,13-10+,15-12+. The van der Waals surface area contributed by atoms with Gasteiger partial charge in [-0.3, -0.25) is 4.79 Å². The van der Waals surface area contributed by atoms with E-state index < -0.39 is 5.97 Å². The fourth-order valence-electron chi connectivity index (χ4n) is 2.22. The summed E-state index contributed by atoms with van der Waals surface area (Å²) in [4.78, 5) is 10.4. The third kappa shape index (κ3) is 11.6. The smallest absolute Gasteiger partial charge is 0.303 e. The monoisotopic (exact) mass is 318 g/mol. The Morgan fingerprint density at radius 2 is 1.78 bits per heavy atom. The molecule has 1 aliphatic heterocycles. The molecular formula is C20H30O3. The van der Waals surface area contributed by atoms with Gasteiger partial charge in [-0.05, 0) is 32.1 Å². The number of carboxylic acids is 1. The lowest BCUT2D eigenvalue weighted by molar-refractivity contribution is -0.137. The van der Waals surface area contributed by atoms with Crippen molar-refractivity contribution in [1.82, 2.24) is 0 Å². The highest BCUT2D eigenvalue weighted by Gasteiger charge is 2.34. The van der Waals surface area contributed by atoms with Crippen LogP contribution in [0.25, 0.3) is 0 Å². The number of unbranched alkanes of at least 4 members (excludes halogenated alkanes) is 4. The summed E-state index contributed by atoms with van der Waals surface area (Å²) in [5.41, 5.74) is 0. The molecule has 0 radical (unpaired) electrons. The highest BCUT2D eigenvalue weighted by molar-refractivity contribution is 5.66. The lowest BCUT2D eigenvalue weighted by Gasteiger charge is -1.90. The van der Waals surface area contributed by atoms with Gasteiger partial charge in [0.25, 0.3) is 0 Å². The van der Waals surface area contributed by atoms with Crippen molar-refractivity contribution < 1.29 is 14.6 Å². The molecule has 1 N–H and O–H groups in total. The summed E-state index contributed by atoms with van der Waals surface area (Å²) in [5.74, 6) is -0.724. The van der Waals surface area contributed by atoms with E-state index in [2.05, 4.69) is 43.4 Å². The molecule has 0 bridgehead atoms. The average Bonchev–Trinajstić information content (AvgIpc) is 3.27. The molecule has 128 valence electrons. The molecule has 1 rings (SSSR count). The number of allylic oxidation sites excluding steroid dienone is 6. The second kappa shape index (κ2) is 12.9. The Labute approximate surface area is 140 Å². The first-order chi connectivity index (χ1) is 11.2. The van der Waals surface area contributed by atoms with E-state index in [4.69, 9.17) is 9.84 Å². The van der Waals surface area contributed by atoms with E-state index in [9.17, 15) is 4.79 Å². The van der Waals surface area contributed by atoms with Gasteiger partial charge in [0.2, 0.25) is 0 Å². The first-order valence-corrected chi connectivity index (χ1v) is 8.76. The van der Waals surface area contributed by atoms with E-state index in [1.807, 2.05) is 12.2 Å². The first kappa shape index (κ1) is 19.4. The molecule has 1 heterocycles. The maximum absolute atomic E-state index is 10.4. The molecule has 0 saturated carbocycles. The van der Waals surface area contributed by atoms with Gasteiger partial charge in [-0.15, -0.1) is 0 Å². The van der Waals surface area contributed by atoms with Crippen LogP contribution in [0.4, 0.5) is 0 Å². The Balaban J connectivity index is 2.01. The van der Waals surface area contributed by atoms with Crippen molar-refractivity contribution in [2.75, 3.05) is 0 Å². The molecule has 2 atom stereocenters. The summed E-state index contributed by atoms with van der Waals surface area (Å²) in [6.45, 7) is 2.22. The lowest BCUT2D eigenvalue weighted by atomic mass is 10.2. The second-order valence-corrected chi connectivity index (χ2v) is 5.83. The zero-order valence-corrected chi connectivity index (χ0v) is 14.2.